The van der Waals surface area contributed by atoms with Crippen LogP contribution in [-0.2, 0) is 0 Å². The van der Waals surface area contributed by atoms with Crippen molar-refractivity contribution < 1.29 is 87.7 Å². The van der Waals surface area contributed by atoms with Gasteiger partial charge in [-0.15, -0.1) is 0 Å². The summed E-state index contributed by atoms with van der Waals surface area (Å²) in [4.78, 5) is 20.2. The van der Waals surface area contributed by atoms with E-state index in [0.29, 0.717) is 11.1 Å². The summed E-state index contributed by atoms with van der Waals surface area (Å²) in [5.74, 6) is -1.04. The molecule has 2 aromatic carbocycles. The number of hydrogen-bond donors (Lipinski definition) is 0. The number of halogens is 2. The fourth-order valence-electron chi connectivity index (χ4n) is 1.37. The topological polar surface area (TPSA) is 80.3 Å². The summed E-state index contributed by atoms with van der Waals surface area (Å²) in [5.41, 5.74) is 0.765. The first-order valence-corrected chi connectivity index (χ1v) is 5.34. The minimum Gasteiger partial charge on any atom is -0.652 e. The zero-order valence-corrected chi connectivity index (χ0v) is 16.0. The van der Waals surface area contributed by atoms with E-state index in [-0.39, 0.29) is 64.9 Å². The molecule has 0 saturated carbocycles. The molecule has 2 aromatic rings. The number of benzene rings is 2. The molecule has 0 atom stereocenters. The van der Waals surface area contributed by atoms with Crippen LogP contribution in [0.1, 0.15) is 15.9 Å². The minimum absolute atomic E-state index is 0. The Morgan fingerprint density at radius 1 is 0.682 bits per heavy atom. The van der Waals surface area contributed by atoms with E-state index in [1.165, 1.54) is 48.5 Å². The summed E-state index contributed by atoms with van der Waals surface area (Å²) in [5, 5.41) is 16.7. The molecule has 0 aliphatic carbocycles. The number of carbonyl (C=O) groups excluding carboxylic acids is 2. The second-order valence-electron chi connectivity index (χ2n) is 3.59. The van der Waals surface area contributed by atoms with E-state index in [2.05, 4.69) is 0 Å². The minimum atomic E-state index is -2.33. The predicted molar refractivity (Wildman–Crippen MR) is 61.6 cm³/mol. The van der Waals surface area contributed by atoms with Crippen LogP contribution in [0.2, 0.25) is 0 Å². The van der Waals surface area contributed by atoms with Gasteiger partial charge in [0.1, 0.15) is 11.6 Å². The summed E-state index contributed by atoms with van der Waals surface area (Å²) in [6, 6.07) is 10.5. The van der Waals surface area contributed by atoms with Crippen LogP contribution in [0.15, 0.2) is 48.5 Å². The Bertz CT molecular complexity index is 550. The van der Waals surface area contributed by atoms with Gasteiger partial charge in [0.2, 0.25) is 0 Å². The Labute approximate surface area is 169 Å². The molecule has 104 valence electrons. The van der Waals surface area contributed by atoms with Crippen LogP contribution in [0.3, 0.4) is 0 Å². The number of ketones is 1. The van der Waals surface area contributed by atoms with Gasteiger partial charge in [0.15, 0.2) is 5.78 Å². The molecule has 0 heterocycles. The standard InChI is InChI=1S/C13H8F2O.CH2O3.2Na/c14-11-5-1-9(2-6-11)13(16)10-3-7-12(15)8-4-10;2-1(3)4;;/h1-8H;(H2,2,3,4);;/q;;2*+1/p-2. The van der Waals surface area contributed by atoms with E-state index in [9.17, 15) is 13.6 Å². The second-order valence-corrected chi connectivity index (χ2v) is 3.59. The molecular weight excluding hydrogens is 316 g/mol. The maximum absolute atomic E-state index is 12.6. The summed E-state index contributed by atoms with van der Waals surface area (Å²) in [6.07, 6.45) is -2.33. The molecule has 22 heavy (non-hydrogen) atoms. The Balaban J connectivity index is 0. The van der Waals surface area contributed by atoms with Crippen molar-refractivity contribution in [2.24, 2.45) is 0 Å². The maximum Gasteiger partial charge on any atom is 1.00 e. The summed E-state index contributed by atoms with van der Waals surface area (Å²) in [7, 11) is 0. The third-order valence-electron chi connectivity index (χ3n) is 2.21. The average molecular weight is 324 g/mol. The fraction of sp³-hybridized carbons (Fsp3) is 0. The average Bonchev–Trinajstić information content (AvgIpc) is 2.39. The first kappa shape index (κ1) is 23.5. The van der Waals surface area contributed by atoms with E-state index >= 15 is 0 Å². The van der Waals surface area contributed by atoms with Gasteiger partial charge in [-0.3, -0.25) is 4.79 Å². The van der Waals surface area contributed by atoms with Crippen LogP contribution in [0.4, 0.5) is 13.6 Å². The van der Waals surface area contributed by atoms with E-state index in [0.717, 1.165) is 0 Å². The van der Waals surface area contributed by atoms with Crippen LogP contribution in [0.5, 0.6) is 0 Å². The van der Waals surface area contributed by atoms with E-state index in [1.54, 1.807) is 0 Å². The van der Waals surface area contributed by atoms with Crippen molar-refractivity contribution in [1.29, 1.82) is 0 Å². The van der Waals surface area contributed by atoms with Gasteiger partial charge in [-0.2, -0.15) is 0 Å². The zero-order valence-electron chi connectivity index (χ0n) is 12.0. The molecule has 0 unspecified atom stereocenters. The molecule has 0 aliphatic rings. The quantitative estimate of drug-likeness (QED) is 0.408. The Morgan fingerprint density at radius 3 is 1.14 bits per heavy atom. The van der Waals surface area contributed by atoms with Crippen LogP contribution in [-0.4, -0.2) is 11.9 Å². The van der Waals surface area contributed by atoms with Gasteiger partial charge in [-0.25, -0.2) is 8.78 Å². The van der Waals surface area contributed by atoms with Crippen LogP contribution in [0, 0.1) is 11.6 Å². The van der Waals surface area contributed by atoms with Crippen molar-refractivity contribution in [3.8, 4) is 0 Å². The second kappa shape index (κ2) is 11.8. The maximum atomic E-state index is 12.6. The van der Waals surface area contributed by atoms with Gasteiger partial charge in [0, 0.05) is 11.1 Å². The molecule has 0 N–H and O–H groups in total. The number of rotatable bonds is 2. The summed E-state index contributed by atoms with van der Waals surface area (Å²) in [6.45, 7) is 0. The van der Waals surface area contributed by atoms with Crippen LogP contribution >= 0.6 is 0 Å². The van der Waals surface area contributed by atoms with Crippen molar-refractivity contribution in [3.63, 3.8) is 0 Å². The molecular formula is C14H8F2Na2O4. The van der Waals surface area contributed by atoms with Crippen LogP contribution in [0.25, 0.3) is 0 Å². The van der Waals surface area contributed by atoms with Gasteiger partial charge < -0.3 is 15.0 Å². The van der Waals surface area contributed by atoms with Gasteiger partial charge in [-0.1, -0.05) is 0 Å². The normalized spacial score (nSPS) is 8.45. The zero-order chi connectivity index (χ0) is 15.1. The molecule has 2 rings (SSSR count). The van der Waals surface area contributed by atoms with Crippen molar-refractivity contribution in [1.82, 2.24) is 0 Å². The first-order valence-electron chi connectivity index (χ1n) is 5.34. The summed E-state index contributed by atoms with van der Waals surface area (Å²) < 4.78 is 25.3. The molecule has 0 radical (unpaired) electrons. The van der Waals surface area contributed by atoms with E-state index < -0.39 is 17.8 Å². The van der Waals surface area contributed by atoms with Crippen molar-refractivity contribution in [2.75, 3.05) is 0 Å². The molecule has 0 aliphatic heterocycles. The summed E-state index contributed by atoms with van der Waals surface area (Å²) >= 11 is 0. The molecule has 0 fully saturated rings. The van der Waals surface area contributed by atoms with Crippen molar-refractivity contribution >= 4 is 11.9 Å². The smallest absolute Gasteiger partial charge is 0.652 e. The van der Waals surface area contributed by atoms with Crippen molar-refractivity contribution in [3.05, 3.63) is 71.3 Å². The van der Waals surface area contributed by atoms with Crippen LogP contribution < -0.4 is 69.3 Å². The van der Waals surface area contributed by atoms with Gasteiger partial charge in [0.05, 0.1) is 0 Å². The predicted octanol–water partition coefficient (Wildman–Crippen LogP) is -5.24. The molecule has 0 bridgehead atoms. The van der Waals surface area contributed by atoms with Crippen molar-refractivity contribution in [2.45, 2.75) is 0 Å². The number of carbonyl (C=O) groups is 2. The Kier molecular flexibility index (Phi) is 12.6. The third kappa shape index (κ3) is 8.63. The first-order chi connectivity index (χ1) is 9.40. The van der Waals surface area contributed by atoms with E-state index in [4.69, 9.17) is 15.0 Å². The molecule has 0 amide bonds. The number of hydrogen-bond acceptors (Lipinski definition) is 4. The molecule has 0 spiro atoms. The van der Waals surface area contributed by atoms with E-state index in [1.807, 2.05) is 0 Å². The molecule has 0 saturated heterocycles. The molecule has 8 heteroatoms. The SMILES string of the molecule is O=C([O-])[O-].O=C(c1ccc(F)cc1)c1ccc(F)cc1.[Na+].[Na+]. The van der Waals surface area contributed by atoms with Gasteiger partial charge in [-0.05, 0) is 54.7 Å². The third-order valence-corrected chi connectivity index (χ3v) is 2.21. The fourth-order valence-corrected chi connectivity index (χ4v) is 1.37. The Morgan fingerprint density at radius 2 is 0.909 bits per heavy atom. The molecule has 4 nitrogen and oxygen atoms in total. The Hall–Kier alpha value is -0.760. The monoisotopic (exact) mass is 324 g/mol. The van der Waals surface area contributed by atoms with Gasteiger partial charge >= 0.3 is 59.1 Å². The molecule has 0 aromatic heterocycles. The number of carboxylic acid groups (broad SMARTS) is 2. The van der Waals surface area contributed by atoms with Gasteiger partial charge in [0.25, 0.3) is 0 Å². The largest absolute Gasteiger partial charge is 1.00 e.